The minimum Gasteiger partial charge on any atom is -0.478 e. The molecule has 0 amide bonds. The Morgan fingerprint density at radius 3 is 1.24 bits per heavy atom. The third kappa shape index (κ3) is 19.7. The van der Waals surface area contributed by atoms with Gasteiger partial charge in [0.1, 0.15) is 12.1 Å². The maximum absolute atomic E-state index is 9.55. The van der Waals surface area contributed by atoms with Crippen molar-refractivity contribution in [2.45, 2.75) is 0 Å². The average Bonchev–Trinajstić information content (AvgIpc) is 3.21. The maximum Gasteiger partial charge on any atom is 0.328 e. The SMILES string of the molecule is Nc1ncnc2[nH]ncc12.O=C(O)/C=C\C(=O)O.O=C(O)/C=C\C(=O)O.O=C(O)/C=C\C(=O)O. The quantitative estimate of drug-likeness (QED) is 0.230. The number of nitrogens with one attached hydrogen (secondary N) is 1. The van der Waals surface area contributed by atoms with Crippen LogP contribution in [-0.2, 0) is 28.8 Å². The Morgan fingerprint density at radius 1 is 0.647 bits per heavy atom. The Hall–Kier alpha value is -5.61. The number of anilines is 1. The number of nitrogens with two attached hydrogens (primary N) is 1. The van der Waals surface area contributed by atoms with Crippen molar-refractivity contribution >= 4 is 52.7 Å². The van der Waals surface area contributed by atoms with Gasteiger partial charge in [-0.3, -0.25) is 5.10 Å². The standard InChI is InChI=1S/C5H5N5.3C4H4O4/c6-4-3-1-9-10-5(3)8-2-7-4;3*5-3(6)1-2-4(7)8/h1-2H,(H3,6,7,8,9,10);3*1-2H,(H,5,6)(H,7,8)/b;3*2-1-. The highest BCUT2D eigenvalue weighted by molar-refractivity contribution is 5.90. The average molecular weight is 483 g/mol. The van der Waals surface area contributed by atoms with E-state index in [0.29, 0.717) is 47.9 Å². The van der Waals surface area contributed by atoms with Crippen LogP contribution in [0.5, 0.6) is 0 Å². The predicted molar refractivity (Wildman–Crippen MR) is 109 cm³/mol. The summed E-state index contributed by atoms with van der Waals surface area (Å²) in [5.41, 5.74) is 6.16. The summed E-state index contributed by atoms with van der Waals surface area (Å²) >= 11 is 0. The van der Waals surface area contributed by atoms with Crippen molar-refractivity contribution in [3.05, 3.63) is 49.0 Å². The number of carboxylic acid groups (broad SMARTS) is 6. The number of aromatic nitrogens is 4. The molecule has 0 unspecified atom stereocenters. The van der Waals surface area contributed by atoms with Crippen LogP contribution in [0.15, 0.2) is 49.0 Å². The van der Waals surface area contributed by atoms with Gasteiger partial charge < -0.3 is 36.4 Å². The normalized spacial score (nSPS) is 9.76. The Kier molecular flexibility index (Phi) is 15.4. The zero-order valence-corrected chi connectivity index (χ0v) is 16.7. The van der Waals surface area contributed by atoms with Crippen molar-refractivity contribution < 1.29 is 59.4 Å². The number of H-pyrrole nitrogens is 1. The lowest BCUT2D eigenvalue weighted by Gasteiger charge is -1.89. The van der Waals surface area contributed by atoms with Crippen LogP contribution in [0.4, 0.5) is 5.82 Å². The second-order valence-corrected chi connectivity index (χ2v) is 4.92. The van der Waals surface area contributed by atoms with Gasteiger partial charge in [0, 0.05) is 36.5 Å². The molecule has 2 aromatic rings. The lowest BCUT2D eigenvalue weighted by Crippen LogP contribution is -1.91. The molecule has 17 heteroatoms. The molecule has 0 fully saturated rings. The highest BCUT2D eigenvalue weighted by Crippen LogP contribution is 2.11. The van der Waals surface area contributed by atoms with Gasteiger partial charge in [-0.1, -0.05) is 0 Å². The van der Waals surface area contributed by atoms with Gasteiger partial charge in [0.05, 0.1) is 11.6 Å². The van der Waals surface area contributed by atoms with E-state index >= 15 is 0 Å². The summed E-state index contributed by atoms with van der Waals surface area (Å²) < 4.78 is 0. The fourth-order valence-electron chi connectivity index (χ4n) is 1.21. The fourth-order valence-corrected chi connectivity index (χ4v) is 1.21. The van der Waals surface area contributed by atoms with E-state index in [4.69, 9.17) is 36.4 Å². The molecular formula is C17H17N5O12. The molecule has 2 aromatic heterocycles. The highest BCUT2D eigenvalue weighted by atomic mass is 16.4. The van der Waals surface area contributed by atoms with Gasteiger partial charge in [0.25, 0.3) is 0 Å². The molecule has 0 aliphatic heterocycles. The zero-order valence-electron chi connectivity index (χ0n) is 16.7. The number of aromatic amines is 1. The summed E-state index contributed by atoms with van der Waals surface area (Å²) in [5, 5.41) is 54.1. The molecule has 0 bridgehead atoms. The van der Waals surface area contributed by atoms with E-state index in [-0.39, 0.29) is 0 Å². The van der Waals surface area contributed by atoms with Gasteiger partial charge in [-0.05, 0) is 0 Å². The summed E-state index contributed by atoms with van der Waals surface area (Å²) in [4.78, 5) is 65.0. The molecule has 34 heavy (non-hydrogen) atoms. The number of nitrogens with zero attached hydrogens (tertiary/aromatic N) is 3. The van der Waals surface area contributed by atoms with Gasteiger partial charge in [-0.25, -0.2) is 38.7 Å². The molecule has 2 heterocycles. The van der Waals surface area contributed by atoms with Gasteiger partial charge in [0.2, 0.25) is 0 Å². The number of fused-ring (bicyclic) bond motifs is 1. The van der Waals surface area contributed by atoms with Crippen molar-refractivity contribution in [1.82, 2.24) is 20.2 Å². The second-order valence-electron chi connectivity index (χ2n) is 4.92. The van der Waals surface area contributed by atoms with E-state index in [1.165, 1.54) is 6.33 Å². The number of hydrogen-bond acceptors (Lipinski definition) is 10. The number of rotatable bonds is 6. The number of aliphatic carboxylic acids is 6. The molecule has 0 aliphatic rings. The summed E-state index contributed by atoms with van der Waals surface area (Å²) in [6, 6.07) is 0. The van der Waals surface area contributed by atoms with Crippen LogP contribution in [0.3, 0.4) is 0 Å². The van der Waals surface area contributed by atoms with Gasteiger partial charge in [-0.15, -0.1) is 0 Å². The molecule has 182 valence electrons. The van der Waals surface area contributed by atoms with Gasteiger partial charge in [-0.2, -0.15) is 5.10 Å². The Balaban J connectivity index is 0. The minimum absolute atomic E-state index is 0.457. The summed E-state index contributed by atoms with van der Waals surface area (Å²) in [6.45, 7) is 0. The van der Waals surface area contributed by atoms with Gasteiger partial charge >= 0.3 is 35.8 Å². The molecule has 0 spiro atoms. The van der Waals surface area contributed by atoms with E-state index < -0.39 is 35.8 Å². The lowest BCUT2D eigenvalue weighted by molar-refractivity contribution is -0.134. The van der Waals surface area contributed by atoms with Crippen molar-refractivity contribution in [3.63, 3.8) is 0 Å². The van der Waals surface area contributed by atoms with Gasteiger partial charge in [0.15, 0.2) is 5.65 Å². The third-order valence-electron chi connectivity index (χ3n) is 2.38. The lowest BCUT2D eigenvalue weighted by atomic mass is 10.4. The van der Waals surface area contributed by atoms with E-state index in [0.717, 1.165) is 5.39 Å². The Bertz CT molecular complexity index is 974. The maximum atomic E-state index is 9.55. The number of nitrogen functional groups attached to an aromatic ring is 1. The monoisotopic (exact) mass is 483 g/mol. The van der Waals surface area contributed by atoms with Crippen molar-refractivity contribution in [2.24, 2.45) is 0 Å². The molecule has 0 saturated heterocycles. The topological polar surface area (TPSA) is 304 Å². The highest BCUT2D eigenvalue weighted by Gasteiger charge is 1.98. The van der Waals surface area contributed by atoms with E-state index in [2.05, 4.69) is 20.2 Å². The molecule has 2 rings (SSSR count). The van der Waals surface area contributed by atoms with Crippen LogP contribution >= 0.6 is 0 Å². The van der Waals surface area contributed by atoms with Crippen LogP contribution < -0.4 is 5.73 Å². The van der Waals surface area contributed by atoms with Crippen LogP contribution in [0.2, 0.25) is 0 Å². The first-order valence-electron chi connectivity index (χ1n) is 8.07. The first kappa shape index (κ1) is 30.6. The molecular weight excluding hydrogens is 466 g/mol. The van der Waals surface area contributed by atoms with Crippen molar-refractivity contribution in [3.8, 4) is 0 Å². The molecule has 17 nitrogen and oxygen atoms in total. The molecule has 0 radical (unpaired) electrons. The van der Waals surface area contributed by atoms with E-state index in [9.17, 15) is 28.8 Å². The largest absolute Gasteiger partial charge is 0.478 e. The van der Waals surface area contributed by atoms with Crippen molar-refractivity contribution in [1.29, 1.82) is 0 Å². The first-order chi connectivity index (χ1) is 15.8. The number of carbonyl (C=O) groups is 6. The van der Waals surface area contributed by atoms with E-state index in [1.54, 1.807) is 6.20 Å². The number of hydrogen-bond donors (Lipinski definition) is 8. The smallest absolute Gasteiger partial charge is 0.328 e. The molecule has 0 saturated carbocycles. The van der Waals surface area contributed by atoms with Crippen molar-refractivity contribution in [2.75, 3.05) is 5.73 Å². The predicted octanol–water partition coefficient (Wildman–Crippen LogP) is -0.929. The summed E-state index contributed by atoms with van der Waals surface area (Å²) in [5.74, 6) is -7.09. The zero-order chi connectivity index (χ0) is 26.7. The first-order valence-corrected chi connectivity index (χ1v) is 8.07. The fraction of sp³-hybridized carbons (Fsp3) is 0. The van der Waals surface area contributed by atoms with Crippen LogP contribution in [0.1, 0.15) is 0 Å². The Labute approximate surface area is 187 Å². The molecule has 0 aliphatic carbocycles. The summed E-state index contributed by atoms with van der Waals surface area (Å²) in [7, 11) is 0. The summed E-state index contributed by atoms with van der Waals surface area (Å²) in [6.07, 6.45) is 6.35. The minimum atomic E-state index is -1.26. The van der Waals surface area contributed by atoms with Crippen LogP contribution in [0.25, 0.3) is 11.0 Å². The van der Waals surface area contributed by atoms with Crippen LogP contribution in [0, 0.1) is 0 Å². The second kappa shape index (κ2) is 17.1. The molecule has 0 aromatic carbocycles. The Morgan fingerprint density at radius 2 is 0.971 bits per heavy atom. The molecule has 9 N–H and O–H groups in total. The molecule has 0 atom stereocenters. The number of carboxylic acids is 6. The third-order valence-corrected chi connectivity index (χ3v) is 2.38. The van der Waals surface area contributed by atoms with Crippen LogP contribution in [-0.4, -0.2) is 86.6 Å². The van der Waals surface area contributed by atoms with E-state index in [1.807, 2.05) is 0 Å².